The molecule has 2 aliphatic carbocycles. The Morgan fingerprint density at radius 3 is 2.66 bits per heavy atom. The predicted octanol–water partition coefficient (Wildman–Crippen LogP) is 5.65. The van der Waals surface area contributed by atoms with Crippen molar-refractivity contribution in [3.05, 3.63) is 47.7 Å². The van der Waals surface area contributed by atoms with Crippen LogP contribution in [0.15, 0.2) is 30.7 Å². The molecule has 0 saturated heterocycles. The van der Waals surface area contributed by atoms with Crippen LogP contribution in [0.2, 0.25) is 0 Å². The zero-order valence-electron chi connectivity index (χ0n) is 23.7. The van der Waals surface area contributed by atoms with Gasteiger partial charge < -0.3 is 20.4 Å². The first kappa shape index (κ1) is 28.0. The zero-order valence-corrected chi connectivity index (χ0v) is 23.7. The summed E-state index contributed by atoms with van der Waals surface area (Å²) in [5.41, 5.74) is 7.39. The normalized spacial score (nSPS) is 25.1. The summed E-state index contributed by atoms with van der Waals surface area (Å²) in [6.07, 6.45) is 4.16. The number of anilines is 1. The first-order chi connectivity index (χ1) is 19.5. The number of nitrogens with two attached hydrogens (primary N) is 1. The number of fused-ring (bicyclic) bond motifs is 2. The van der Waals surface area contributed by atoms with Gasteiger partial charge in [0, 0.05) is 31.2 Å². The molecule has 3 atom stereocenters. The zero-order chi connectivity index (χ0) is 29.1. The van der Waals surface area contributed by atoms with Crippen molar-refractivity contribution in [3.63, 3.8) is 0 Å². The van der Waals surface area contributed by atoms with E-state index in [2.05, 4.69) is 43.3 Å². The Labute approximate surface area is 237 Å². The van der Waals surface area contributed by atoms with Crippen molar-refractivity contribution in [1.82, 2.24) is 29.4 Å². The SMILES string of the molecule is Cc1cc2nc(CC[C@H]3C[C@H](N(C[C@@H]4C[C@@H](O)[C@H](n5ccc6c(N)ncnc65)C4)C(C)C)C3)[nH]c2cc1C(F)(F)F. The molecule has 4 N–H and O–H groups in total. The lowest BCUT2D eigenvalue weighted by Gasteiger charge is -2.46. The number of alkyl halides is 3. The van der Waals surface area contributed by atoms with Crippen LogP contribution in [0.1, 0.15) is 68.9 Å². The highest BCUT2D eigenvalue weighted by Gasteiger charge is 2.40. The van der Waals surface area contributed by atoms with Gasteiger partial charge in [-0.2, -0.15) is 13.2 Å². The quantitative estimate of drug-likeness (QED) is 0.253. The first-order valence-electron chi connectivity index (χ1n) is 14.5. The molecule has 0 unspecified atom stereocenters. The molecule has 1 aromatic carbocycles. The summed E-state index contributed by atoms with van der Waals surface area (Å²) < 4.78 is 41.9. The second-order valence-corrected chi connectivity index (χ2v) is 12.4. The Bertz CT molecular complexity index is 1540. The van der Waals surface area contributed by atoms with Crippen LogP contribution in [0.25, 0.3) is 22.1 Å². The van der Waals surface area contributed by atoms with E-state index in [4.69, 9.17) is 5.73 Å². The van der Waals surface area contributed by atoms with E-state index in [-0.39, 0.29) is 11.6 Å². The lowest BCUT2D eigenvalue weighted by molar-refractivity contribution is -0.137. The number of nitrogen functional groups attached to an aromatic ring is 1. The van der Waals surface area contributed by atoms with E-state index in [1.807, 2.05) is 12.3 Å². The lowest BCUT2D eigenvalue weighted by atomic mass is 9.76. The molecule has 11 heteroatoms. The Kier molecular flexibility index (Phi) is 7.22. The number of H-pyrrole nitrogens is 1. The van der Waals surface area contributed by atoms with E-state index in [0.29, 0.717) is 40.8 Å². The van der Waals surface area contributed by atoms with E-state index in [0.717, 1.165) is 61.9 Å². The summed E-state index contributed by atoms with van der Waals surface area (Å²) in [6, 6.07) is 5.49. The fourth-order valence-electron chi connectivity index (χ4n) is 7.06. The third kappa shape index (κ3) is 5.41. The fraction of sp³-hybridized carbons (Fsp3) is 0.567. The maximum Gasteiger partial charge on any atom is 0.416 e. The number of imidazole rings is 1. The van der Waals surface area contributed by atoms with Crippen molar-refractivity contribution >= 4 is 27.9 Å². The molecule has 3 heterocycles. The molecular formula is C30H38F3N7O. The number of nitrogens with zero attached hydrogens (tertiary/aromatic N) is 5. The van der Waals surface area contributed by atoms with Crippen LogP contribution in [-0.4, -0.2) is 59.2 Å². The van der Waals surface area contributed by atoms with Gasteiger partial charge >= 0.3 is 6.18 Å². The van der Waals surface area contributed by atoms with Crippen molar-refractivity contribution in [2.24, 2.45) is 11.8 Å². The van der Waals surface area contributed by atoms with E-state index in [1.54, 1.807) is 0 Å². The molecule has 2 aliphatic rings. The molecule has 0 amide bonds. The van der Waals surface area contributed by atoms with E-state index >= 15 is 0 Å². The second-order valence-electron chi connectivity index (χ2n) is 12.4. The summed E-state index contributed by atoms with van der Waals surface area (Å²) >= 11 is 0. The van der Waals surface area contributed by atoms with Crippen molar-refractivity contribution in [1.29, 1.82) is 0 Å². The number of aryl methyl sites for hydroxylation is 2. The molecule has 0 bridgehead atoms. The lowest BCUT2D eigenvalue weighted by Crippen LogP contribution is -2.49. The first-order valence-corrected chi connectivity index (χ1v) is 14.5. The number of aromatic amines is 1. The van der Waals surface area contributed by atoms with Crippen molar-refractivity contribution in [3.8, 4) is 0 Å². The average molecular weight is 570 g/mol. The Morgan fingerprint density at radius 2 is 1.93 bits per heavy atom. The van der Waals surface area contributed by atoms with Crippen LogP contribution >= 0.6 is 0 Å². The number of hydrogen-bond donors (Lipinski definition) is 3. The van der Waals surface area contributed by atoms with Crippen LogP contribution in [-0.2, 0) is 12.6 Å². The van der Waals surface area contributed by atoms with Gasteiger partial charge in [0.1, 0.15) is 23.6 Å². The van der Waals surface area contributed by atoms with Crippen LogP contribution < -0.4 is 5.73 Å². The number of aliphatic hydroxyl groups is 1. The molecule has 6 rings (SSSR count). The minimum Gasteiger partial charge on any atom is -0.391 e. The molecule has 2 saturated carbocycles. The molecule has 4 aromatic rings. The number of aromatic nitrogens is 5. The number of aliphatic hydroxyl groups excluding tert-OH is 1. The molecular weight excluding hydrogens is 531 g/mol. The molecule has 3 aromatic heterocycles. The van der Waals surface area contributed by atoms with Crippen LogP contribution in [0, 0.1) is 18.8 Å². The maximum absolute atomic E-state index is 13.3. The predicted molar refractivity (Wildman–Crippen MR) is 152 cm³/mol. The maximum atomic E-state index is 13.3. The Morgan fingerprint density at radius 1 is 1.15 bits per heavy atom. The third-order valence-electron chi connectivity index (χ3n) is 9.28. The largest absolute Gasteiger partial charge is 0.416 e. The minimum absolute atomic E-state index is 0.0326. The summed E-state index contributed by atoms with van der Waals surface area (Å²) in [6.45, 7) is 6.90. The van der Waals surface area contributed by atoms with Crippen LogP contribution in [0.5, 0.6) is 0 Å². The number of nitrogens with one attached hydrogen (secondary N) is 1. The minimum atomic E-state index is -4.37. The number of hydrogen-bond acceptors (Lipinski definition) is 6. The molecule has 8 nitrogen and oxygen atoms in total. The van der Waals surface area contributed by atoms with E-state index in [9.17, 15) is 18.3 Å². The van der Waals surface area contributed by atoms with Gasteiger partial charge in [0.2, 0.25) is 0 Å². The Hall–Kier alpha value is -3.18. The number of halogens is 3. The highest BCUT2D eigenvalue weighted by Crippen LogP contribution is 2.41. The molecule has 0 radical (unpaired) electrons. The molecule has 41 heavy (non-hydrogen) atoms. The fourth-order valence-corrected chi connectivity index (χ4v) is 7.06. The third-order valence-corrected chi connectivity index (χ3v) is 9.28. The molecule has 0 aliphatic heterocycles. The summed E-state index contributed by atoms with van der Waals surface area (Å²) in [4.78, 5) is 18.8. The smallest absolute Gasteiger partial charge is 0.391 e. The van der Waals surface area contributed by atoms with Crippen molar-refractivity contribution < 1.29 is 18.3 Å². The van der Waals surface area contributed by atoms with Crippen molar-refractivity contribution in [2.75, 3.05) is 12.3 Å². The summed E-state index contributed by atoms with van der Waals surface area (Å²) in [5.74, 6) is 2.15. The van der Waals surface area contributed by atoms with Gasteiger partial charge in [0.05, 0.1) is 34.1 Å². The molecule has 0 spiro atoms. The number of benzene rings is 1. The average Bonchev–Trinajstić information content (AvgIpc) is 3.57. The van der Waals surface area contributed by atoms with Crippen LogP contribution in [0.3, 0.4) is 0 Å². The van der Waals surface area contributed by atoms with E-state index in [1.165, 1.54) is 25.4 Å². The van der Waals surface area contributed by atoms with E-state index < -0.39 is 17.8 Å². The summed E-state index contributed by atoms with van der Waals surface area (Å²) in [5, 5.41) is 11.8. The van der Waals surface area contributed by atoms with Gasteiger partial charge in [0.25, 0.3) is 0 Å². The van der Waals surface area contributed by atoms with Gasteiger partial charge in [-0.25, -0.2) is 15.0 Å². The van der Waals surface area contributed by atoms with Gasteiger partial charge in [-0.05, 0) is 88.5 Å². The highest BCUT2D eigenvalue weighted by molar-refractivity contribution is 5.86. The highest BCUT2D eigenvalue weighted by atomic mass is 19.4. The molecule has 220 valence electrons. The molecule has 2 fully saturated rings. The van der Waals surface area contributed by atoms with Gasteiger partial charge in [0.15, 0.2) is 0 Å². The standard InChI is InChI=1S/C30H38F3N7O/c1-16(2)40(14-19-11-25(26(41)12-19)39-7-6-21-28(34)35-15-36-29(21)39)20-9-18(10-20)4-5-27-37-23-8-17(3)22(30(31,32)33)13-24(23)38-27/h6-8,13,15-16,18-20,25-26,41H,4-5,9-12,14H2,1-3H3,(H,37,38)(H2,34,35,36)/t18-,19-,20-,25+,26+/m0/s1. The Balaban J connectivity index is 1.04. The topological polar surface area (TPSA) is 109 Å². The van der Waals surface area contributed by atoms with Gasteiger partial charge in [-0.1, -0.05) is 0 Å². The van der Waals surface area contributed by atoms with Gasteiger partial charge in [-0.15, -0.1) is 0 Å². The monoisotopic (exact) mass is 569 g/mol. The van der Waals surface area contributed by atoms with Crippen molar-refractivity contribution in [2.45, 2.75) is 89.7 Å². The van der Waals surface area contributed by atoms with Gasteiger partial charge in [-0.3, -0.25) is 4.90 Å². The summed E-state index contributed by atoms with van der Waals surface area (Å²) in [7, 11) is 0. The second kappa shape index (κ2) is 10.6. The van der Waals surface area contributed by atoms with Crippen LogP contribution in [0.4, 0.5) is 19.0 Å². The number of rotatable bonds is 8.